The molecule has 0 spiro atoms. The molecule has 2 saturated carbocycles. The van der Waals surface area contributed by atoms with Gasteiger partial charge in [0.2, 0.25) is 0 Å². The molecule has 0 radical (unpaired) electrons. The maximum absolute atomic E-state index is 7.68. The Balaban J connectivity index is 0.000000182. The first-order valence-corrected chi connectivity index (χ1v) is 38.7. The van der Waals surface area contributed by atoms with Crippen LogP contribution in [0.3, 0.4) is 0 Å². The first kappa shape index (κ1) is 72.1. The van der Waals surface area contributed by atoms with Gasteiger partial charge in [0, 0.05) is 56.9 Å². The van der Waals surface area contributed by atoms with E-state index in [2.05, 4.69) is 363 Å². The van der Waals surface area contributed by atoms with Crippen LogP contribution in [-0.4, -0.2) is 6.71 Å². The molecule has 526 valence electrons. The molecule has 2 aliphatic carbocycles. The normalized spacial score (nSPS) is 15.3. The van der Waals surface area contributed by atoms with Gasteiger partial charge in [0.1, 0.15) is 0 Å². The van der Waals surface area contributed by atoms with Crippen molar-refractivity contribution in [3.63, 3.8) is 0 Å². The van der Waals surface area contributed by atoms with E-state index >= 15 is 0 Å². The van der Waals surface area contributed by atoms with E-state index in [4.69, 9.17) is 11.6 Å². The van der Waals surface area contributed by atoms with Crippen molar-refractivity contribution in [3.05, 3.63) is 268 Å². The molecule has 0 saturated heterocycles. The molecule has 102 heavy (non-hydrogen) atoms. The molecule has 6 heteroatoms. The van der Waals surface area contributed by atoms with Crippen LogP contribution in [0, 0.1) is 0 Å². The van der Waals surface area contributed by atoms with Crippen LogP contribution < -0.4 is 36.0 Å². The van der Waals surface area contributed by atoms with Gasteiger partial charge in [-0.3, -0.25) is 0 Å². The molecular weight excluding hydrogens is 1260 g/mol. The number of anilines is 12. The number of nitrogens with zero attached hydrogens (tertiary/aromatic N) is 4. The van der Waals surface area contributed by atoms with Crippen LogP contribution >= 0.6 is 11.6 Å². The van der Waals surface area contributed by atoms with Gasteiger partial charge in [-0.15, -0.1) is 0 Å². The molecule has 0 amide bonds. The lowest BCUT2D eigenvalue weighted by Gasteiger charge is -2.44. The first-order chi connectivity index (χ1) is 48.3. The molecule has 0 unspecified atom stereocenters. The summed E-state index contributed by atoms with van der Waals surface area (Å²) in [7, 11) is 0. The van der Waals surface area contributed by atoms with Crippen LogP contribution in [0.25, 0.3) is 0 Å². The van der Waals surface area contributed by atoms with E-state index in [-0.39, 0.29) is 39.2 Å². The lowest BCUT2D eigenvalue weighted by molar-refractivity contribution is 0.443. The zero-order valence-corrected chi connectivity index (χ0v) is 65.5. The Labute approximate surface area is 619 Å². The Morgan fingerprint density at radius 3 is 0.961 bits per heavy atom. The van der Waals surface area contributed by atoms with E-state index in [9.17, 15) is 0 Å². The summed E-state index contributed by atoms with van der Waals surface area (Å²) in [6.07, 6.45) is 13.2. The largest absolute Gasteiger partial charge is 0.311 e. The van der Waals surface area contributed by atoms with Crippen molar-refractivity contribution in [2.24, 2.45) is 0 Å². The number of rotatable bonds is 10. The Morgan fingerprint density at radius 1 is 0.304 bits per heavy atom. The summed E-state index contributed by atoms with van der Waals surface area (Å²) >= 11 is 7.68. The van der Waals surface area contributed by atoms with Crippen LogP contribution in [0.4, 0.5) is 68.2 Å². The molecule has 14 rings (SSSR count). The smallest absolute Gasteiger partial charge is 0.252 e. The van der Waals surface area contributed by atoms with Gasteiger partial charge in [-0.25, -0.2) is 0 Å². The van der Waals surface area contributed by atoms with Gasteiger partial charge in [-0.05, 0) is 240 Å². The molecule has 0 atom stereocenters. The van der Waals surface area contributed by atoms with Gasteiger partial charge in [0.15, 0.2) is 0 Å². The Bertz CT molecular complexity index is 4500. The topological polar surface area (TPSA) is 13.0 Å². The zero-order chi connectivity index (χ0) is 72.4. The molecule has 0 aromatic heterocycles. The second kappa shape index (κ2) is 28.1. The van der Waals surface area contributed by atoms with Crippen LogP contribution in [0.2, 0.25) is 5.02 Å². The summed E-state index contributed by atoms with van der Waals surface area (Å²) in [5, 5.41) is 0.702. The molecular formula is C96H112BClN4. The van der Waals surface area contributed by atoms with Gasteiger partial charge in [-0.1, -0.05) is 284 Å². The quantitative estimate of drug-likeness (QED) is 0.127. The molecule has 0 bridgehead atoms. The van der Waals surface area contributed by atoms with Gasteiger partial charge >= 0.3 is 0 Å². The lowest BCUT2D eigenvalue weighted by atomic mass is 9.33. The third kappa shape index (κ3) is 14.8. The molecule has 2 fully saturated rings. The maximum atomic E-state index is 7.68. The Kier molecular flexibility index (Phi) is 19.9. The van der Waals surface area contributed by atoms with Gasteiger partial charge in [-0.2, -0.15) is 0 Å². The molecule has 10 aromatic carbocycles. The minimum atomic E-state index is 0.0380. The average Bonchev–Trinajstić information content (AvgIpc) is 0.698. The van der Waals surface area contributed by atoms with Crippen LogP contribution in [-0.2, 0) is 32.5 Å². The molecule has 10 aromatic rings. The predicted molar refractivity (Wildman–Crippen MR) is 445 cm³/mol. The number of benzene rings is 10. The van der Waals surface area contributed by atoms with Crippen molar-refractivity contribution in [2.75, 3.05) is 19.6 Å². The summed E-state index contributed by atoms with van der Waals surface area (Å²) in [6.45, 7) is 41.3. The van der Waals surface area contributed by atoms with Crippen molar-refractivity contribution in [2.45, 2.75) is 233 Å². The Hall–Kier alpha value is -8.25. The molecule has 4 aliphatic rings. The third-order valence-corrected chi connectivity index (χ3v) is 23.0. The second-order valence-corrected chi connectivity index (χ2v) is 36.6. The molecule has 2 aliphatic heterocycles. The minimum absolute atomic E-state index is 0.0380. The fourth-order valence-corrected chi connectivity index (χ4v) is 16.6. The average molecular weight is 1370 g/mol. The van der Waals surface area contributed by atoms with E-state index in [0.29, 0.717) is 16.9 Å². The fourth-order valence-electron chi connectivity index (χ4n) is 16.3. The summed E-state index contributed by atoms with van der Waals surface area (Å²) < 4.78 is 0. The summed E-state index contributed by atoms with van der Waals surface area (Å²) in [5.41, 5.74) is 29.5. The summed E-state index contributed by atoms with van der Waals surface area (Å²) in [5.74, 6) is 1.30. The minimum Gasteiger partial charge on any atom is -0.311 e. The van der Waals surface area contributed by atoms with Crippen molar-refractivity contribution in [1.29, 1.82) is 0 Å². The van der Waals surface area contributed by atoms with Crippen LogP contribution in [0.5, 0.6) is 0 Å². The number of hydrogen-bond acceptors (Lipinski definition) is 4. The van der Waals surface area contributed by atoms with Crippen LogP contribution in [0.1, 0.15) is 245 Å². The highest BCUT2D eigenvalue weighted by Crippen LogP contribution is 2.50. The van der Waals surface area contributed by atoms with Gasteiger partial charge in [0.05, 0.1) is 16.4 Å². The van der Waals surface area contributed by atoms with Gasteiger partial charge < -0.3 is 19.6 Å². The molecule has 0 N–H and O–H groups in total. The fraction of sp³-hybridized carbons (Fsp3) is 0.375. The van der Waals surface area contributed by atoms with E-state index in [1.807, 2.05) is 0 Å². The highest BCUT2D eigenvalue weighted by Gasteiger charge is 2.44. The Morgan fingerprint density at radius 2 is 0.598 bits per heavy atom. The standard InChI is InChI=1S/C48H55BN2.C48H57ClN2/c1-46(2,3)34-19-24-37(25-20-34)50-41-28-18-33(32-14-11-10-12-15-32)30-39(41)49-40-31-36(48(7,8)9)23-29-42(40)51(44-17-13-16-43(50)45(44)49)38-26-21-35(22-27-38)47(4,5)6;1-46(2,3)36-20-28-40(29-21-36)50(39-26-18-35(19-27-39)34-14-11-10-12-15-34)43-16-13-17-44(45(43)49)51(41-30-22-37(23-31-41)47(4,5)6)42-32-24-38(25-33-42)48(7,8)9/h13,16-32H,10-12,14-15H2,1-9H3;13,16-34H,10-12,14-15H2,1-9H3. The van der Waals surface area contributed by atoms with E-state index in [1.165, 1.54) is 159 Å². The zero-order valence-electron chi connectivity index (χ0n) is 64.8. The van der Waals surface area contributed by atoms with Crippen LogP contribution in [0.15, 0.2) is 218 Å². The first-order valence-electron chi connectivity index (χ1n) is 38.3. The lowest BCUT2D eigenvalue weighted by Crippen LogP contribution is -2.61. The number of fused-ring (bicyclic) bond motifs is 4. The number of hydrogen-bond donors (Lipinski definition) is 0. The summed E-state index contributed by atoms with van der Waals surface area (Å²) in [4.78, 5) is 9.73. The van der Waals surface area contributed by atoms with E-state index < -0.39 is 0 Å². The SMILES string of the molecule is CC(C)(C)c1ccc(N(c2ccc(C3CCCCC3)cc2)c2cccc(N(c3ccc(C(C)(C)C)cc3)c3ccc(C(C)(C)C)cc3)c2Cl)cc1.CC(C)(C)c1ccc(N2c3ccc(C4CCCCC4)cc3B3c4cc(C(C)(C)C)ccc4N(c4ccc(C(C)(C)C)cc4)c4cccc2c43)cc1. The van der Waals surface area contributed by atoms with E-state index in [1.54, 1.807) is 0 Å². The van der Waals surface area contributed by atoms with E-state index in [0.717, 1.165) is 34.1 Å². The van der Waals surface area contributed by atoms with Gasteiger partial charge in [0.25, 0.3) is 6.71 Å². The highest BCUT2D eigenvalue weighted by molar-refractivity contribution is 7.00. The van der Waals surface area contributed by atoms with Crippen molar-refractivity contribution in [3.8, 4) is 0 Å². The maximum Gasteiger partial charge on any atom is 0.252 e. The monoisotopic (exact) mass is 1370 g/mol. The third-order valence-electron chi connectivity index (χ3n) is 22.6. The second-order valence-electron chi connectivity index (χ2n) is 36.2. The summed E-state index contributed by atoms with van der Waals surface area (Å²) in [6, 6.07) is 83.2. The van der Waals surface area contributed by atoms with Crippen molar-refractivity contribution < 1.29 is 0 Å². The molecule has 2 heterocycles. The number of halogens is 1. The van der Waals surface area contributed by atoms with Crippen molar-refractivity contribution >= 4 is 103 Å². The highest BCUT2D eigenvalue weighted by atomic mass is 35.5. The predicted octanol–water partition coefficient (Wildman–Crippen LogP) is 26.9. The van der Waals surface area contributed by atoms with Crippen molar-refractivity contribution in [1.82, 2.24) is 0 Å². The molecule has 4 nitrogen and oxygen atoms in total.